The Bertz CT molecular complexity index is 389. The van der Waals surface area contributed by atoms with Crippen LogP contribution >= 0.6 is 0 Å². The average Bonchev–Trinajstić information content (AvgIpc) is 2.11. The minimum Gasteiger partial charge on any atom is -0.423 e. The molecule has 0 spiro atoms. The van der Waals surface area contributed by atoms with Gasteiger partial charge in [0.05, 0.1) is 0 Å². The van der Waals surface area contributed by atoms with Crippen LogP contribution in [0.25, 0.3) is 6.08 Å². The van der Waals surface area contributed by atoms with E-state index in [1.54, 1.807) is 12.1 Å². The van der Waals surface area contributed by atoms with E-state index < -0.39 is 0 Å². The van der Waals surface area contributed by atoms with Gasteiger partial charge in [0.15, 0.2) is 0 Å². The second-order valence-electron chi connectivity index (χ2n) is 2.68. The van der Waals surface area contributed by atoms with Crippen molar-refractivity contribution in [3.05, 3.63) is 48.1 Å². The first kappa shape index (κ1) is 7.80. The van der Waals surface area contributed by atoms with E-state index >= 15 is 0 Å². The molecule has 1 aromatic rings. The second-order valence-corrected chi connectivity index (χ2v) is 2.68. The van der Waals surface area contributed by atoms with Crippen LogP contribution in [0.15, 0.2) is 42.5 Å². The number of esters is 1. The molecule has 2 rings (SSSR count). The molecule has 13 heavy (non-hydrogen) atoms. The largest absolute Gasteiger partial charge is 0.423 e. The lowest BCUT2D eigenvalue weighted by atomic mass is 10.2. The molecule has 64 valence electrons. The molecule has 2 nitrogen and oxygen atoms in total. The highest BCUT2D eigenvalue weighted by Crippen LogP contribution is 2.20. The first-order valence-corrected chi connectivity index (χ1v) is 4.02. The minimum atomic E-state index is -0.336. The number of para-hydroxylation sites is 1. The molecular weight excluding hydrogens is 164 g/mol. The Kier molecular flexibility index (Phi) is 1.96. The van der Waals surface area contributed by atoms with E-state index in [1.165, 1.54) is 6.08 Å². The van der Waals surface area contributed by atoms with E-state index in [2.05, 4.69) is 0 Å². The molecule has 0 amide bonds. The fraction of sp³-hybridized carbons (Fsp3) is 0. The van der Waals surface area contributed by atoms with E-state index in [1.807, 2.05) is 30.4 Å². The molecule has 0 N–H and O–H groups in total. The third-order valence-electron chi connectivity index (χ3n) is 1.75. The number of hydrogen-bond donors (Lipinski definition) is 0. The predicted molar refractivity (Wildman–Crippen MR) is 50.3 cm³/mol. The molecule has 0 aliphatic carbocycles. The van der Waals surface area contributed by atoms with Gasteiger partial charge in [-0.25, -0.2) is 4.79 Å². The Morgan fingerprint density at radius 3 is 2.69 bits per heavy atom. The summed E-state index contributed by atoms with van der Waals surface area (Å²) in [4.78, 5) is 11.1. The molecule has 0 fully saturated rings. The highest BCUT2D eigenvalue weighted by atomic mass is 16.5. The van der Waals surface area contributed by atoms with Gasteiger partial charge in [0.25, 0.3) is 0 Å². The molecule has 0 atom stereocenters. The summed E-state index contributed by atoms with van der Waals surface area (Å²) in [5.41, 5.74) is 0.917. The lowest BCUT2D eigenvalue weighted by Gasteiger charge is -2.06. The van der Waals surface area contributed by atoms with Crippen molar-refractivity contribution in [2.24, 2.45) is 0 Å². The molecule has 0 saturated heterocycles. The Balaban J connectivity index is 2.49. The van der Waals surface area contributed by atoms with Gasteiger partial charge in [-0.15, -0.1) is 0 Å². The fourth-order valence-electron chi connectivity index (χ4n) is 1.15. The normalized spacial score (nSPS) is 19.2. The van der Waals surface area contributed by atoms with Gasteiger partial charge in [-0.1, -0.05) is 36.4 Å². The Labute approximate surface area is 76.1 Å². The lowest BCUT2D eigenvalue weighted by molar-refractivity contribution is -0.129. The quantitative estimate of drug-likeness (QED) is 0.443. The Hall–Kier alpha value is -1.83. The van der Waals surface area contributed by atoms with Crippen LogP contribution in [-0.4, -0.2) is 5.97 Å². The van der Waals surface area contributed by atoms with Crippen LogP contribution < -0.4 is 4.74 Å². The maximum absolute atomic E-state index is 11.1. The molecule has 0 radical (unpaired) electrons. The van der Waals surface area contributed by atoms with Gasteiger partial charge >= 0.3 is 5.97 Å². The third kappa shape index (κ3) is 1.67. The fourth-order valence-corrected chi connectivity index (χ4v) is 1.15. The molecule has 2 heteroatoms. The average molecular weight is 172 g/mol. The summed E-state index contributed by atoms with van der Waals surface area (Å²) in [5.74, 6) is 0.268. The number of ether oxygens (including phenoxy) is 1. The summed E-state index contributed by atoms with van der Waals surface area (Å²) in [5, 5.41) is 0. The van der Waals surface area contributed by atoms with Gasteiger partial charge in [0, 0.05) is 11.6 Å². The highest BCUT2D eigenvalue weighted by Gasteiger charge is 2.04. The van der Waals surface area contributed by atoms with Crippen LogP contribution in [0.1, 0.15) is 5.56 Å². The first-order chi connectivity index (χ1) is 6.36. The molecular formula is C11H8O2. The maximum Gasteiger partial charge on any atom is 0.336 e. The number of hydrogen-bond acceptors (Lipinski definition) is 2. The second kappa shape index (κ2) is 3.27. The molecule has 0 bridgehead atoms. The van der Waals surface area contributed by atoms with E-state index in [9.17, 15) is 4.79 Å². The smallest absolute Gasteiger partial charge is 0.336 e. The zero-order valence-corrected chi connectivity index (χ0v) is 6.94. The molecule has 0 unspecified atom stereocenters. The Morgan fingerprint density at radius 2 is 1.77 bits per heavy atom. The summed E-state index contributed by atoms with van der Waals surface area (Å²) in [6.45, 7) is 0. The third-order valence-corrected chi connectivity index (χ3v) is 1.75. The van der Waals surface area contributed by atoms with Crippen LogP contribution in [0.4, 0.5) is 0 Å². The van der Waals surface area contributed by atoms with Crippen molar-refractivity contribution in [1.29, 1.82) is 0 Å². The first-order valence-electron chi connectivity index (χ1n) is 4.02. The van der Waals surface area contributed by atoms with Gasteiger partial charge in [-0.2, -0.15) is 0 Å². The predicted octanol–water partition coefficient (Wildman–Crippen LogP) is 2.17. The van der Waals surface area contributed by atoms with Gasteiger partial charge in [-0.05, 0) is 6.07 Å². The molecule has 1 aliphatic rings. The summed E-state index contributed by atoms with van der Waals surface area (Å²) in [7, 11) is 0. The highest BCUT2D eigenvalue weighted by molar-refractivity contribution is 5.86. The SMILES string of the molecule is O=C1/C=C\C=C/c2ccccc2O1. The van der Waals surface area contributed by atoms with Crippen LogP contribution in [0.2, 0.25) is 0 Å². The van der Waals surface area contributed by atoms with Crippen molar-refractivity contribution in [2.45, 2.75) is 0 Å². The summed E-state index contributed by atoms with van der Waals surface area (Å²) >= 11 is 0. The van der Waals surface area contributed by atoms with E-state index in [4.69, 9.17) is 4.74 Å². The van der Waals surface area contributed by atoms with Crippen molar-refractivity contribution < 1.29 is 9.53 Å². The molecule has 1 aliphatic heterocycles. The maximum atomic E-state index is 11.1. The van der Waals surface area contributed by atoms with Crippen LogP contribution in [0.5, 0.6) is 5.75 Å². The summed E-state index contributed by atoms with van der Waals surface area (Å²) in [6, 6.07) is 7.42. The van der Waals surface area contributed by atoms with Crippen LogP contribution in [-0.2, 0) is 4.79 Å². The van der Waals surface area contributed by atoms with Crippen LogP contribution in [0.3, 0.4) is 0 Å². The van der Waals surface area contributed by atoms with Gasteiger partial charge in [-0.3, -0.25) is 0 Å². The van der Waals surface area contributed by atoms with Crippen molar-refractivity contribution >= 4 is 12.0 Å². The Morgan fingerprint density at radius 1 is 1.00 bits per heavy atom. The molecule has 1 aromatic carbocycles. The number of allylic oxidation sites excluding steroid dienone is 2. The van der Waals surface area contributed by atoms with Crippen LogP contribution in [0, 0.1) is 0 Å². The zero-order chi connectivity index (χ0) is 9.10. The number of benzene rings is 1. The van der Waals surface area contributed by atoms with Gasteiger partial charge in [0.2, 0.25) is 0 Å². The summed E-state index contributed by atoms with van der Waals surface area (Å²) in [6.07, 6.45) is 6.78. The molecule has 1 heterocycles. The van der Waals surface area contributed by atoms with Crippen molar-refractivity contribution in [1.82, 2.24) is 0 Å². The molecule has 0 saturated carbocycles. The number of carbonyl (C=O) groups excluding carboxylic acids is 1. The van der Waals surface area contributed by atoms with E-state index in [0.29, 0.717) is 5.75 Å². The van der Waals surface area contributed by atoms with E-state index in [-0.39, 0.29) is 5.97 Å². The van der Waals surface area contributed by atoms with E-state index in [0.717, 1.165) is 5.56 Å². The van der Waals surface area contributed by atoms with Gasteiger partial charge in [0.1, 0.15) is 5.75 Å². The molecule has 0 aromatic heterocycles. The van der Waals surface area contributed by atoms with Crippen molar-refractivity contribution in [3.8, 4) is 5.75 Å². The standard InChI is InChI=1S/C11H8O2/c12-11-8-4-2-6-9-5-1-3-7-10(9)13-11/h1-8H/b6-2-,8-4-. The zero-order valence-electron chi connectivity index (χ0n) is 6.94. The monoisotopic (exact) mass is 172 g/mol. The number of rotatable bonds is 0. The number of carbonyl (C=O) groups is 1. The number of fused-ring (bicyclic) bond motifs is 1. The van der Waals surface area contributed by atoms with Crippen molar-refractivity contribution in [3.63, 3.8) is 0 Å². The topological polar surface area (TPSA) is 26.3 Å². The van der Waals surface area contributed by atoms with Crippen molar-refractivity contribution in [2.75, 3.05) is 0 Å². The minimum absolute atomic E-state index is 0.336. The summed E-state index contributed by atoms with van der Waals surface area (Å²) < 4.78 is 5.06. The lowest BCUT2D eigenvalue weighted by Crippen LogP contribution is -2.05. The van der Waals surface area contributed by atoms with Gasteiger partial charge < -0.3 is 4.74 Å².